The van der Waals surface area contributed by atoms with Gasteiger partial charge in [-0.25, -0.2) is 4.79 Å². The molecule has 0 unspecified atom stereocenters. The SMILES string of the molecule is C=CC(=O)Oc1c(CCOC)ccc2c1Cc1ccccc1-2. The second-order valence-corrected chi connectivity index (χ2v) is 5.28. The number of benzene rings is 2. The van der Waals surface area contributed by atoms with Gasteiger partial charge in [0.15, 0.2) is 0 Å². The molecule has 2 aromatic rings. The van der Waals surface area contributed by atoms with Gasteiger partial charge in [0, 0.05) is 25.2 Å². The summed E-state index contributed by atoms with van der Waals surface area (Å²) in [6.07, 6.45) is 2.69. The van der Waals surface area contributed by atoms with Gasteiger partial charge in [0.05, 0.1) is 6.61 Å². The molecule has 3 nitrogen and oxygen atoms in total. The number of esters is 1. The minimum atomic E-state index is -0.428. The van der Waals surface area contributed by atoms with E-state index in [2.05, 4.69) is 24.8 Å². The molecule has 0 radical (unpaired) electrons. The Morgan fingerprint density at radius 3 is 2.82 bits per heavy atom. The van der Waals surface area contributed by atoms with Gasteiger partial charge >= 0.3 is 5.97 Å². The van der Waals surface area contributed by atoms with E-state index in [0.29, 0.717) is 18.8 Å². The molecular weight excluding hydrogens is 276 g/mol. The number of hydrogen-bond donors (Lipinski definition) is 0. The molecule has 0 aliphatic heterocycles. The second kappa shape index (κ2) is 6.16. The molecule has 3 heteroatoms. The Hall–Kier alpha value is -2.39. The van der Waals surface area contributed by atoms with Crippen LogP contribution in [0.5, 0.6) is 5.75 Å². The van der Waals surface area contributed by atoms with Crippen LogP contribution < -0.4 is 4.74 Å². The number of ether oxygens (including phenoxy) is 2. The average Bonchev–Trinajstić information content (AvgIpc) is 2.93. The molecule has 1 aliphatic rings. The maximum atomic E-state index is 11.7. The summed E-state index contributed by atoms with van der Waals surface area (Å²) in [6, 6.07) is 12.4. The zero-order valence-corrected chi connectivity index (χ0v) is 12.6. The van der Waals surface area contributed by atoms with E-state index in [9.17, 15) is 4.79 Å². The van der Waals surface area contributed by atoms with E-state index in [-0.39, 0.29) is 0 Å². The maximum absolute atomic E-state index is 11.7. The predicted molar refractivity (Wildman–Crippen MR) is 86.1 cm³/mol. The van der Waals surface area contributed by atoms with Crippen molar-refractivity contribution in [3.05, 3.63) is 65.7 Å². The first-order valence-electron chi connectivity index (χ1n) is 7.30. The Labute approximate surface area is 130 Å². The van der Waals surface area contributed by atoms with E-state index in [0.717, 1.165) is 23.1 Å². The Morgan fingerprint density at radius 1 is 1.23 bits per heavy atom. The molecule has 0 saturated carbocycles. The molecule has 0 amide bonds. The summed E-state index contributed by atoms with van der Waals surface area (Å²) in [7, 11) is 1.67. The lowest BCUT2D eigenvalue weighted by Crippen LogP contribution is -2.09. The lowest BCUT2D eigenvalue weighted by atomic mass is 10.0. The Bertz CT molecular complexity index is 731. The van der Waals surface area contributed by atoms with Crippen LogP contribution in [0.3, 0.4) is 0 Å². The Morgan fingerprint density at radius 2 is 2.05 bits per heavy atom. The zero-order chi connectivity index (χ0) is 15.5. The van der Waals surface area contributed by atoms with Crippen LogP contribution in [0.15, 0.2) is 49.1 Å². The summed E-state index contributed by atoms with van der Waals surface area (Å²) in [4.78, 5) is 11.7. The fourth-order valence-corrected chi connectivity index (χ4v) is 2.91. The number of rotatable bonds is 5. The van der Waals surface area contributed by atoms with Crippen molar-refractivity contribution in [1.29, 1.82) is 0 Å². The van der Waals surface area contributed by atoms with Crippen molar-refractivity contribution in [3.8, 4) is 16.9 Å². The van der Waals surface area contributed by atoms with Gasteiger partial charge in [-0.2, -0.15) is 0 Å². The highest BCUT2D eigenvalue weighted by atomic mass is 16.5. The maximum Gasteiger partial charge on any atom is 0.335 e. The highest BCUT2D eigenvalue weighted by molar-refractivity contribution is 5.86. The molecule has 112 valence electrons. The van der Waals surface area contributed by atoms with Crippen LogP contribution in [0.4, 0.5) is 0 Å². The normalized spacial score (nSPS) is 11.7. The van der Waals surface area contributed by atoms with Crippen molar-refractivity contribution in [2.45, 2.75) is 12.8 Å². The van der Waals surface area contributed by atoms with Gasteiger partial charge in [-0.05, 0) is 28.7 Å². The van der Waals surface area contributed by atoms with Gasteiger partial charge in [0.25, 0.3) is 0 Å². The van der Waals surface area contributed by atoms with Crippen molar-refractivity contribution in [2.75, 3.05) is 13.7 Å². The van der Waals surface area contributed by atoms with Crippen LogP contribution in [0.2, 0.25) is 0 Å². The van der Waals surface area contributed by atoms with Gasteiger partial charge in [-0.1, -0.05) is 43.0 Å². The molecule has 0 aromatic heterocycles. The molecular formula is C19H18O3. The zero-order valence-electron chi connectivity index (χ0n) is 12.6. The number of fused-ring (bicyclic) bond motifs is 3. The topological polar surface area (TPSA) is 35.5 Å². The van der Waals surface area contributed by atoms with Crippen molar-refractivity contribution in [1.82, 2.24) is 0 Å². The van der Waals surface area contributed by atoms with Gasteiger partial charge in [-0.15, -0.1) is 0 Å². The Kier molecular flexibility index (Phi) is 4.07. The second-order valence-electron chi connectivity index (χ2n) is 5.28. The lowest BCUT2D eigenvalue weighted by molar-refractivity contribution is -0.129. The lowest BCUT2D eigenvalue weighted by Gasteiger charge is -2.14. The fraction of sp³-hybridized carbons (Fsp3) is 0.211. The smallest absolute Gasteiger partial charge is 0.335 e. The third-order valence-electron chi connectivity index (χ3n) is 3.96. The third-order valence-corrected chi connectivity index (χ3v) is 3.96. The molecule has 0 fully saturated rings. The van der Waals surface area contributed by atoms with Crippen molar-refractivity contribution < 1.29 is 14.3 Å². The molecule has 0 bridgehead atoms. The van der Waals surface area contributed by atoms with Crippen LogP contribution in [0, 0.1) is 0 Å². The van der Waals surface area contributed by atoms with E-state index in [1.165, 1.54) is 17.2 Å². The largest absolute Gasteiger partial charge is 0.423 e. The van der Waals surface area contributed by atoms with Crippen molar-refractivity contribution in [2.24, 2.45) is 0 Å². The number of hydrogen-bond acceptors (Lipinski definition) is 3. The van der Waals surface area contributed by atoms with Crippen LogP contribution >= 0.6 is 0 Å². The van der Waals surface area contributed by atoms with E-state index < -0.39 is 5.97 Å². The first-order chi connectivity index (χ1) is 10.7. The summed E-state index contributed by atoms with van der Waals surface area (Å²) in [5, 5.41) is 0. The van der Waals surface area contributed by atoms with Crippen LogP contribution in [0.25, 0.3) is 11.1 Å². The minimum absolute atomic E-state index is 0.428. The molecule has 0 heterocycles. The quantitative estimate of drug-likeness (QED) is 0.410. The predicted octanol–water partition coefficient (Wildman–Crippen LogP) is 3.54. The highest BCUT2D eigenvalue weighted by Gasteiger charge is 2.24. The molecule has 0 atom stereocenters. The molecule has 0 saturated heterocycles. The van der Waals surface area contributed by atoms with E-state index >= 15 is 0 Å². The molecule has 1 aliphatic carbocycles. The third kappa shape index (κ3) is 2.55. The summed E-state index contributed by atoms with van der Waals surface area (Å²) in [6.45, 7) is 4.07. The van der Waals surface area contributed by atoms with Gasteiger partial charge in [0.1, 0.15) is 5.75 Å². The van der Waals surface area contributed by atoms with Crippen LogP contribution in [-0.2, 0) is 22.4 Å². The Balaban J connectivity index is 2.08. The first-order valence-corrected chi connectivity index (χ1v) is 7.30. The van der Waals surface area contributed by atoms with Gasteiger partial charge in [0.2, 0.25) is 0 Å². The van der Waals surface area contributed by atoms with Crippen molar-refractivity contribution in [3.63, 3.8) is 0 Å². The van der Waals surface area contributed by atoms with Crippen LogP contribution in [0.1, 0.15) is 16.7 Å². The fourth-order valence-electron chi connectivity index (χ4n) is 2.91. The van der Waals surface area contributed by atoms with E-state index in [1.54, 1.807) is 7.11 Å². The number of methoxy groups -OCH3 is 1. The van der Waals surface area contributed by atoms with Gasteiger partial charge in [-0.3, -0.25) is 0 Å². The summed E-state index contributed by atoms with van der Waals surface area (Å²) in [5.74, 6) is 0.235. The summed E-state index contributed by atoms with van der Waals surface area (Å²) < 4.78 is 10.7. The van der Waals surface area contributed by atoms with E-state index in [4.69, 9.17) is 9.47 Å². The summed E-state index contributed by atoms with van der Waals surface area (Å²) >= 11 is 0. The monoisotopic (exact) mass is 294 g/mol. The molecule has 22 heavy (non-hydrogen) atoms. The summed E-state index contributed by atoms with van der Waals surface area (Å²) in [5.41, 5.74) is 5.68. The minimum Gasteiger partial charge on any atom is -0.423 e. The number of carbonyl (C=O) groups is 1. The molecule has 0 spiro atoms. The van der Waals surface area contributed by atoms with Crippen molar-refractivity contribution >= 4 is 5.97 Å². The highest BCUT2D eigenvalue weighted by Crippen LogP contribution is 2.43. The first kappa shape index (κ1) is 14.5. The van der Waals surface area contributed by atoms with Gasteiger partial charge < -0.3 is 9.47 Å². The molecule has 2 aromatic carbocycles. The average molecular weight is 294 g/mol. The molecule has 0 N–H and O–H groups in total. The number of carbonyl (C=O) groups excluding carboxylic acids is 1. The van der Waals surface area contributed by atoms with Crippen LogP contribution in [-0.4, -0.2) is 19.7 Å². The van der Waals surface area contributed by atoms with E-state index in [1.807, 2.05) is 18.2 Å². The molecule has 3 rings (SSSR count). The standard InChI is InChI=1S/C19H18O3/c1-3-18(20)22-19-13(10-11-21-2)8-9-16-15-7-5-4-6-14(15)12-17(16)19/h3-9H,1,10-12H2,2H3.